The molecule has 2 fully saturated rings. The summed E-state index contributed by atoms with van der Waals surface area (Å²) < 4.78 is 5.44. The number of nitrogens with one attached hydrogen (secondary N) is 1. The Balaban J connectivity index is 1.56. The standard InChI is InChI=1S/C11H21NO/c1-11(4-5-11)9-12-7-10-3-2-6-13-8-10/h10,12H,2-9H2,1H3. The molecule has 1 heterocycles. The topological polar surface area (TPSA) is 21.3 Å². The molecule has 2 nitrogen and oxygen atoms in total. The second-order valence-electron chi connectivity index (χ2n) is 5.02. The van der Waals surface area contributed by atoms with Crippen molar-refractivity contribution in [2.45, 2.75) is 32.6 Å². The van der Waals surface area contributed by atoms with Crippen LogP contribution in [0.1, 0.15) is 32.6 Å². The van der Waals surface area contributed by atoms with Crippen molar-refractivity contribution in [3.63, 3.8) is 0 Å². The SMILES string of the molecule is CC1(CNCC2CCCOC2)CC1. The highest BCUT2D eigenvalue weighted by Crippen LogP contribution is 2.44. The van der Waals surface area contributed by atoms with E-state index < -0.39 is 0 Å². The summed E-state index contributed by atoms with van der Waals surface area (Å²) in [5.41, 5.74) is 0.648. The molecule has 0 bridgehead atoms. The van der Waals surface area contributed by atoms with Crippen LogP contribution >= 0.6 is 0 Å². The summed E-state index contributed by atoms with van der Waals surface area (Å²) in [6, 6.07) is 0. The average molecular weight is 183 g/mol. The number of ether oxygens (including phenoxy) is 1. The second kappa shape index (κ2) is 3.97. The van der Waals surface area contributed by atoms with Gasteiger partial charge in [-0.15, -0.1) is 0 Å². The van der Waals surface area contributed by atoms with Crippen LogP contribution in [0, 0.1) is 11.3 Å². The molecule has 0 aromatic rings. The Labute approximate surface area is 81.0 Å². The van der Waals surface area contributed by atoms with Crippen LogP contribution in [0.15, 0.2) is 0 Å². The van der Waals surface area contributed by atoms with E-state index >= 15 is 0 Å². The minimum absolute atomic E-state index is 0.648. The summed E-state index contributed by atoms with van der Waals surface area (Å²) in [7, 11) is 0. The Bertz CT molecular complexity index is 159. The first kappa shape index (κ1) is 9.47. The first-order valence-electron chi connectivity index (χ1n) is 5.57. The minimum atomic E-state index is 0.648. The smallest absolute Gasteiger partial charge is 0.0506 e. The molecule has 1 saturated carbocycles. The molecule has 0 spiro atoms. The molecule has 0 aromatic carbocycles. The van der Waals surface area contributed by atoms with Gasteiger partial charge in [-0.2, -0.15) is 0 Å². The fraction of sp³-hybridized carbons (Fsp3) is 1.00. The van der Waals surface area contributed by atoms with Gasteiger partial charge in [-0.3, -0.25) is 0 Å². The molecule has 2 rings (SSSR count). The summed E-state index contributed by atoms with van der Waals surface area (Å²) in [6.45, 7) is 6.70. The van der Waals surface area contributed by atoms with Crippen LogP contribution in [0.5, 0.6) is 0 Å². The summed E-state index contributed by atoms with van der Waals surface area (Å²) in [5, 5.41) is 3.58. The van der Waals surface area contributed by atoms with E-state index in [0.717, 1.165) is 25.7 Å². The zero-order valence-corrected chi connectivity index (χ0v) is 8.64. The molecule has 1 atom stereocenters. The molecule has 1 saturated heterocycles. The zero-order valence-electron chi connectivity index (χ0n) is 8.64. The lowest BCUT2D eigenvalue weighted by Gasteiger charge is -2.23. The van der Waals surface area contributed by atoms with E-state index in [9.17, 15) is 0 Å². The van der Waals surface area contributed by atoms with Crippen LogP contribution in [0.4, 0.5) is 0 Å². The molecule has 0 radical (unpaired) electrons. The lowest BCUT2D eigenvalue weighted by Crippen LogP contribution is -2.32. The van der Waals surface area contributed by atoms with Gasteiger partial charge in [0.05, 0.1) is 6.61 Å². The van der Waals surface area contributed by atoms with Gasteiger partial charge in [-0.25, -0.2) is 0 Å². The predicted octanol–water partition coefficient (Wildman–Crippen LogP) is 1.80. The zero-order chi connectivity index (χ0) is 9.15. The van der Waals surface area contributed by atoms with E-state index in [-0.39, 0.29) is 0 Å². The molecule has 1 aliphatic heterocycles. The summed E-state index contributed by atoms with van der Waals surface area (Å²) in [4.78, 5) is 0. The van der Waals surface area contributed by atoms with Crippen LogP contribution in [-0.4, -0.2) is 26.3 Å². The van der Waals surface area contributed by atoms with E-state index in [2.05, 4.69) is 12.2 Å². The van der Waals surface area contributed by atoms with E-state index in [1.807, 2.05) is 0 Å². The molecule has 0 aromatic heterocycles. The maximum Gasteiger partial charge on any atom is 0.0506 e. The van der Waals surface area contributed by atoms with Crippen LogP contribution in [0.3, 0.4) is 0 Å². The molecule has 0 amide bonds. The van der Waals surface area contributed by atoms with Gasteiger partial charge in [0, 0.05) is 19.7 Å². The van der Waals surface area contributed by atoms with Gasteiger partial charge in [0.15, 0.2) is 0 Å². The monoisotopic (exact) mass is 183 g/mol. The predicted molar refractivity (Wildman–Crippen MR) is 53.8 cm³/mol. The molecule has 76 valence electrons. The molecule has 1 unspecified atom stereocenters. The lowest BCUT2D eigenvalue weighted by atomic mass is 10.0. The molecule has 1 N–H and O–H groups in total. The molecule has 1 aliphatic carbocycles. The third kappa shape index (κ3) is 2.96. The Kier molecular flexibility index (Phi) is 2.89. The van der Waals surface area contributed by atoms with E-state index in [4.69, 9.17) is 4.74 Å². The highest BCUT2D eigenvalue weighted by molar-refractivity contribution is 4.90. The van der Waals surface area contributed by atoms with Crippen LogP contribution < -0.4 is 5.32 Å². The van der Waals surface area contributed by atoms with E-state index in [1.165, 1.54) is 32.2 Å². The summed E-state index contributed by atoms with van der Waals surface area (Å²) in [6.07, 6.45) is 5.44. The lowest BCUT2D eigenvalue weighted by molar-refractivity contribution is 0.0545. The van der Waals surface area contributed by atoms with Gasteiger partial charge < -0.3 is 10.1 Å². The largest absolute Gasteiger partial charge is 0.381 e. The number of hydrogen-bond donors (Lipinski definition) is 1. The van der Waals surface area contributed by atoms with E-state index in [1.54, 1.807) is 0 Å². The quantitative estimate of drug-likeness (QED) is 0.717. The maximum atomic E-state index is 5.44. The second-order valence-corrected chi connectivity index (χ2v) is 5.02. The van der Waals surface area contributed by atoms with Crippen molar-refractivity contribution in [2.24, 2.45) is 11.3 Å². The van der Waals surface area contributed by atoms with Crippen LogP contribution in [0.25, 0.3) is 0 Å². The molecule has 2 aliphatic rings. The van der Waals surface area contributed by atoms with Crippen LogP contribution in [-0.2, 0) is 4.74 Å². The fourth-order valence-corrected chi connectivity index (χ4v) is 1.94. The third-order valence-corrected chi connectivity index (χ3v) is 3.34. The van der Waals surface area contributed by atoms with Gasteiger partial charge >= 0.3 is 0 Å². The van der Waals surface area contributed by atoms with Gasteiger partial charge in [0.2, 0.25) is 0 Å². The van der Waals surface area contributed by atoms with Crippen molar-refractivity contribution in [1.82, 2.24) is 5.32 Å². The Hall–Kier alpha value is -0.0800. The summed E-state index contributed by atoms with van der Waals surface area (Å²) in [5.74, 6) is 0.774. The highest BCUT2D eigenvalue weighted by atomic mass is 16.5. The fourth-order valence-electron chi connectivity index (χ4n) is 1.94. The summed E-state index contributed by atoms with van der Waals surface area (Å²) >= 11 is 0. The molecule has 2 heteroatoms. The van der Waals surface area contributed by atoms with Crippen molar-refractivity contribution in [3.8, 4) is 0 Å². The molecular weight excluding hydrogens is 162 g/mol. The van der Waals surface area contributed by atoms with Crippen LogP contribution in [0.2, 0.25) is 0 Å². The third-order valence-electron chi connectivity index (χ3n) is 3.34. The minimum Gasteiger partial charge on any atom is -0.381 e. The van der Waals surface area contributed by atoms with Crippen molar-refractivity contribution in [2.75, 3.05) is 26.3 Å². The normalized spacial score (nSPS) is 31.6. The molecule has 13 heavy (non-hydrogen) atoms. The van der Waals surface area contributed by atoms with Crippen molar-refractivity contribution in [3.05, 3.63) is 0 Å². The van der Waals surface area contributed by atoms with Crippen molar-refractivity contribution in [1.29, 1.82) is 0 Å². The van der Waals surface area contributed by atoms with E-state index in [0.29, 0.717) is 5.41 Å². The Morgan fingerprint density at radius 2 is 2.31 bits per heavy atom. The van der Waals surface area contributed by atoms with Crippen molar-refractivity contribution < 1.29 is 4.74 Å². The first-order chi connectivity index (χ1) is 6.29. The van der Waals surface area contributed by atoms with Gasteiger partial charge in [0.25, 0.3) is 0 Å². The number of hydrogen-bond acceptors (Lipinski definition) is 2. The highest BCUT2D eigenvalue weighted by Gasteiger charge is 2.36. The van der Waals surface area contributed by atoms with Gasteiger partial charge in [-0.05, 0) is 37.0 Å². The van der Waals surface area contributed by atoms with Gasteiger partial charge in [0.1, 0.15) is 0 Å². The average Bonchev–Trinajstić information content (AvgIpc) is 2.86. The number of rotatable bonds is 4. The maximum absolute atomic E-state index is 5.44. The van der Waals surface area contributed by atoms with Crippen molar-refractivity contribution >= 4 is 0 Å². The van der Waals surface area contributed by atoms with Gasteiger partial charge in [-0.1, -0.05) is 6.92 Å². The Morgan fingerprint density at radius 1 is 1.46 bits per heavy atom. The first-order valence-corrected chi connectivity index (χ1v) is 5.57. The Morgan fingerprint density at radius 3 is 2.92 bits per heavy atom. The molecular formula is C11H21NO.